The molecule has 6 heteroatoms. The van der Waals surface area contributed by atoms with Crippen molar-refractivity contribution in [3.05, 3.63) is 47.5 Å². The van der Waals surface area contributed by atoms with Crippen molar-refractivity contribution in [2.45, 2.75) is 31.8 Å². The van der Waals surface area contributed by atoms with Gasteiger partial charge < -0.3 is 14.0 Å². The molecule has 0 unspecified atom stereocenters. The van der Waals surface area contributed by atoms with Crippen LogP contribution in [0.2, 0.25) is 5.02 Å². The van der Waals surface area contributed by atoms with Gasteiger partial charge in [0, 0.05) is 16.1 Å². The van der Waals surface area contributed by atoms with E-state index in [-0.39, 0.29) is 6.10 Å². The van der Waals surface area contributed by atoms with E-state index in [2.05, 4.69) is 10.1 Å². The Bertz CT molecular complexity index is 886. The fraction of sp³-hybridized carbons (Fsp3) is 0.300. The summed E-state index contributed by atoms with van der Waals surface area (Å²) in [5.41, 5.74) is 1.65. The highest BCUT2D eigenvalue weighted by atomic mass is 35.5. The molecule has 134 valence electrons. The quantitative estimate of drug-likeness (QED) is 0.602. The summed E-state index contributed by atoms with van der Waals surface area (Å²) in [6.45, 7) is 0. The van der Waals surface area contributed by atoms with Crippen LogP contribution in [0.3, 0.4) is 0 Å². The van der Waals surface area contributed by atoms with E-state index in [0.717, 1.165) is 29.7 Å². The van der Waals surface area contributed by atoms with Crippen molar-refractivity contribution >= 4 is 11.6 Å². The number of hydrogen-bond donors (Lipinski definition) is 0. The molecule has 1 heterocycles. The van der Waals surface area contributed by atoms with Crippen molar-refractivity contribution in [3.63, 3.8) is 0 Å². The van der Waals surface area contributed by atoms with Gasteiger partial charge >= 0.3 is 0 Å². The zero-order valence-electron chi connectivity index (χ0n) is 14.4. The molecule has 0 aliphatic heterocycles. The average Bonchev–Trinajstić information content (AvgIpc) is 3.34. The van der Waals surface area contributed by atoms with Gasteiger partial charge in [0.2, 0.25) is 5.82 Å². The van der Waals surface area contributed by atoms with Crippen LogP contribution in [0.15, 0.2) is 47.0 Å². The summed E-state index contributed by atoms with van der Waals surface area (Å²) in [7, 11) is 1.64. The second-order valence-electron chi connectivity index (χ2n) is 6.32. The fourth-order valence-corrected chi connectivity index (χ4v) is 3.27. The third-order valence-electron chi connectivity index (χ3n) is 4.53. The van der Waals surface area contributed by atoms with E-state index in [0.29, 0.717) is 22.5 Å². The molecule has 0 amide bonds. The molecular formula is C20H19ClN2O3. The van der Waals surface area contributed by atoms with Crippen molar-refractivity contribution in [2.24, 2.45) is 0 Å². The smallest absolute Gasteiger partial charge is 0.258 e. The van der Waals surface area contributed by atoms with Crippen molar-refractivity contribution in [1.29, 1.82) is 0 Å². The zero-order chi connectivity index (χ0) is 17.9. The Balaban J connectivity index is 1.62. The third kappa shape index (κ3) is 3.53. The number of aromatic nitrogens is 2. The van der Waals surface area contributed by atoms with Crippen LogP contribution in [0.25, 0.3) is 22.8 Å². The molecule has 26 heavy (non-hydrogen) atoms. The van der Waals surface area contributed by atoms with Crippen LogP contribution >= 0.6 is 11.6 Å². The number of hydrogen-bond acceptors (Lipinski definition) is 5. The Morgan fingerprint density at radius 3 is 2.46 bits per heavy atom. The van der Waals surface area contributed by atoms with Gasteiger partial charge in [-0.05, 0) is 68.1 Å². The van der Waals surface area contributed by atoms with Crippen LogP contribution in [0.4, 0.5) is 0 Å². The summed E-state index contributed by atoms with van der Waals surface area (Å²) < 4.78 is 17.0. The molecule has 0 spiro atoms. The third-order valence-corrected chi connectivity index (χ3v) is 4.79. The molecule has 2 aromatic carbocycles. The highest BCUT2D eigenvalue weighted by Gasteiger charge is 2.20. The first kappa shape index (κ1) is 16.9. The van der Waals surface area contributed by atoms with Gasteiger partial charge in [-0.3, -0.25) is 0 Å². The Morgan fingerprint density at radius 2 is 1.73 bits per heavy atom. The second-order valence-corrected chi connectivity index (χ2v) is 6.76. The van der Waals surface area contributed by atoms with E-state index in [4.69, 9.17) is 25.6 Å². The van der Waals surface area contributed by atoms with Gasteiger partial charge in [-0.2, -0.15) is 4.98 Å². The first-order valence-corrected chi connectivity index (χ1v) is 9.05. The fourth-order valence-electron chi connectivity index (χ4n) is 3.14. The summed E-state index contributed by atoms with van der Waals surface area (Å²) in [6, 6.07) is 13.0. The van der Waals surface area contributed by atoms with Gasteiger partial charge in [0.1, 0.15) is 0 Å². The largest absolute Gasteiger partial charge is 0.493 e. The summed E-state index contributed by atoms with van der Waals surface area (Å²) in [6.07, 6.45) is 4.82. The number of rotatable bonds is 5. The van der Waals surface area contributed by atoms with Crippen LogP contribution in [-0.4, -0.2) is 23.4 Å². The van der Waals surface area contributed by atoms with Crippen molar-refractivity contribution in [1.82, 2.24) is 10.1 Å². The van der Waals surface area contributed by atoms with E-state index in [1.807, 2.05) is 30.3 Å². The Morgan fingerprint density at radius 1 is 1.00 bits per heavy atom. The van der Waals surface area contributed by atoms with Crippen molar-refractivity contribution in [2.75, 3.05) is 7.11 Å². The molecule has 1 saturated carbocycles. The molecule has 5 nitrogen and oxygen atoms in total. The monoisotopic (exact) mass is 370 g/mol. The van der Waals surface area contributed by atoms with E-state index < -0.39 is 0 Å². The first-order valence-electron chi connectivity index (χ1n) is 8.67. The van der Waals surface area contributed by atoms with Gasteiger partial charge in [-0.25, -0.2) is 0 Å². The Kier molecular flexibility index (Phi) is 4.80. The van der Waals surface area contributed by atoms with Gasteiger partial charge in [0.15, 0.2) is 11.5 Å². The molecule has 1 aliphatic rings. The molecule has 4 rings (SSSR count). The molecule has 1 aliphatic carbocycles. The molecule has 0 radical (unpaired) electrons. The lowest BCUT2D eigenvalue weighted by molar-refractivity contribution is 0.201. The minimum atomic E-state index is 0.244. The molecule has 0 N–H and O–H groups in total. The average molecular weight is 371 g/mol. The first-order chi connectivity index (χ1) is 12.7. The summed E-state index contributed by atoms with van der Waals surface area (Å²) >= 11 is 5.92. The molecule has 3 aromatic rings. The number of methoxy groups -OCH3 is 1. The number of benzene rings is 2. The van der Waals surface area contributed by atoms with Crippen molar-refractivity contribution < 1.29 is 14.0 Å². The van der Waals surface area contributed by atoms with E-state index in [1.165, 1.54) is 12.8 Å². The standard InChI is InChI=1S/C20H19ClN2O3/c1-24-17-11-8-14(12-18(17)25-16-4-2-3-5-16)19-22-20(26-23-19)13-6-9-15(21)10-7-13/h6-12,16H,2-5H2,1H3. The molecule has 0 saturated heterocycles. The highest BCUT2D eigenvalue weighted by Crippen LogP contribution is 2.35. The topological polar surface area (TPSA) is 57.4 Å². The molecule has 1 aromatic heterocycles. The number of nitrogens with zero attached hydrogens (tertiary/aromatic N) is 2. The Hall–Kier alpha value is -2.53. The van der Waals surface area contributed by atoms with E-state index >= 15 is 0 Å². The zero-order valence-corrected chi connectivity index (χ0v) is 15.2. The second kappa shape index (κ2) is 7.38. The van der Waals surface area contributed by atoms with Crippen LogP contribution < -0.4 is 9.47 Å². The van der Waals surface area contributed by atoms with Crippen molar-refractivity contribution in [3.8, 4) is 34.3 Å². The van der Waals surface area contributed by atoms with Gasteiger partial charge in [-0.15, -0.1) is 0 Å². The summed E-state index contributed by atoms with van der Waals surface area (Å²) in [4.78, 5) is 4.49. The van der Waals surface area contributed by atoms with Gasteiger partial charge in [-0.1, -0.05) is 16.8 Å². The van der Waals surface area contributed by atoms with Crippen LogP contribution in [0.1, 0.15) is 25.7 Å². The molecule has 0 bridgehead atoms. The predicted molar refractivity (Wildman–Crippen MR) is 99.6 cm³/mol. The molecule has 0 atom stereocenters. The van der Waals surface area contributed by atoms with Crippen LogP contribution in [-0.2, 0) is 0 Å². The summed E-state index contributed by atoms with van der Waals surface area (Å²) in [5.74, 6) is 2.39. The lowest BCUT2D eigenvalue weighted by Crippen LogP contribution is -2.11. The maximum absolute atomic E-state index is 6.14. The minimum absolute atomic E-state index is 0.244. The predicted octanol–water partition coefficient (Wildman–Crippen LogP) is 5.39. The minimum Gasteiger partial charge on any atom is -0.493 e. The molecular weight excluding hydrogens is 352 g/mol. The lowest BCUT2D eigenvalue weighted by atomic mass is 10.2. The maximum Gasteiger partial charge on any atom is 0.258 e. The van der Waals surface area contributed by atoms with E-state index in [1.54, 1.807) is 19.2 Å². The molecule has 1 fully saturated rings. The van der Waals surface area contributed by atoms with Gasteiger partial charge in [0.25, 0.3) is 5.89 Å². The number of halogens is 1. The van der Waals surface area contributed by atoms with Crippen LogP contribution in [0, 0.1) is 0 Å². The summed E-state index contributed by atoms with van der Waals surface area (Å²) in [5, 5.41) is 4.76. The SMILES string of the molecule is COc1ccc(-c2noc(-c3ccc(Cl)cc3)n2)cc1OC1CCCC1. The Labute approximate surface area is 156 Å². The normalized spacial score (nSPS) is 14.5. The van der Waals surface area contributed by atoms with Gasteiger partial charge in [0.05, 0.1) is 13.2 Å². The van der Waals surface area contributed by atoms with E-state index in [9.17, 15) is 0 Å². The number of ether oxygens (including phenoxy) is 2. The lowest BCUT2D eigenvalue weighted by Gasteiger charge is -2.16. The maximum atomic E-state index is 6.14. The van der Waals surface area contributed by atoms with Crippen LogP contribution in [0.5, 0.6) is 11.5 Å². The highest BCUT2D eigenvalue weighted by molar-refractivity contribution is 6.30.